The molecule has 5 nitrogen and oxygen atoms in total. The van der Waals surface area contributed by atoms with Crippen LogP contribution in [0.5, 0.6) is 0 Å². The normalized spacial score (nSPS) is 11.8. The van der Waals surface area contributed by atoms with E-state index in [0.717, 1.165) is 29.7 Å². The number of amides is 1. The van der Waals surface area contributed by atoms with Crippen molar-refractivity contribution in [2.75, 3.05) is 12.3 Å². The second-order valence-electron chi connectivity index (χ2n) is 4.61. The standard InChI is InChI=1S/C13H15F3N4O/c1-2-3-6-18-12(21)20-10-7-8(13(14,15)16)4-5-9(10)11(17)19-20/h4-5,7H,2-3,6H2,1H3,(H2,17,19)(H,18,21). The van der Waals surface area contributed by atoms with E-state index in [2.05, 4.69) is 10.4 Å². The maximum absolute atomic E-state index is 12.7. The highest BCUT2D eigenvalue weighted by molar-refractivity contribution is 5.96. The minimum absolute atomic E-state index is 0.0179. The molecule has 1 aromatic carbocycles. The highest BCUT2D eigenvalue weighted by atomic mass is 19.4. The highest BCUT2D eigenvalue weighted by Crippen LogP contribution is 2.32. The number of alkyl halides is 3. The number of hydrogen-bond acceptors (Lipinski definition) is 3. The van der Waals surface area contributed by atoms with E-state index in [1.165, 1.54) is 6.07 Å². The smallest absolute Gasteiger partial charge is 0.382 e. The van der Waals surface area contributed by atoms with E-state index in [1.54, 1.807) is 0 Å². The molecule has 0 fully saturated rings. The Balaban J connectivity index is 2.41. The van der Waals surface area contributed by atoms with Crippen LogP contribution >= 0.6 is 0 Å². The number of nitrogen functional groups attached to an aromatic ring is 1. The number of anilines is 1. The molecule has 8 heteroatoms. The van der Waals surface area contributed by atoms with Crippen molar-refractivity contribution in [3.05, 3.63) is 23.8 Å². The number of halogens is 3. The number of carbonyl (C=O) groups excluding carboxylic acids is 1. The van der Waals surface area contributed by atoms with Gasteiger partial charge in [-0.25, -0.2) is 4.79 Å². The molecule has 1 amide bonds. The Morgan fingerprint density at radius 3 is 2.76 bits per heavy atom. The fraction of sp³-hybridized carbons (Fsp3) is 0.385. The Kier molecular flexibility index (Phi) is 4.06. The van der Waals surface area contributed by atoms with Gasteiger partial charge in [-0.15, -0.1) is 5.10 Å². The highest BCUT2D eigenvalue weighted by Gasteiger charge is 2.31. The molecule has 0 saturated carbocycles. The molecule has 0 aliphatic heterocycles. The van der Waals surface area contributed by atoms with Crippen LogP contribution in [0.3, 0.4) is 0 Å². The SMILES string of the molecule is CCCCNC(=O)n1nc(N)c2ccc(C(F)(F)F)cc21. The van der Waals surface area contributed by atoms with Crippen LogP contribution in [0.2, 0.25) is 0 Å². The van der Waals surface area contributed by atoms with Gasteiger partial charge in [0, 0.05) is 11.9 Å². The largest absolute Gasteiger partial charge is 0.416 e. The monoisotopic (exact) mass is 300 g/mol. The fourth-order valence-electron chi connectivity index (χ4n) is 1.92. The molecule has 3 N–H and O–H groups in total. The van der Waals surface area contributed by atoms with Gasteiger partial charge in [-0.05, 0) is 24.6 Å². The summed E-state index contributed by atoms with van der Waals surface area (Å²) in [5, 5.41) is 6.71. The lowest BCUT2D eigenvalue weighted by Gasteiger charge is -2.08. The summed E-state index contributed by atoms with van der Waals surface area (Å²) >= 11 is 0. The van der Waals surface area contributed by atoms with Crippen LogP contribution < -0.4 is 11.1 Å². The molecule has 2 rings (SSSR count). The first-order chi connectivity index (χ1) is 9.84. The lowest BCUT2D eigenvalue weighted by molar-refractivity contribution is -0.137. The van der Waals surface area contributed by atoms with Crippen LogP contribution in [0.4, 0.5) is 23.8 Å². The van der Waals surface area contributed by atoms with E-state index >= 15 is 0 Å². The van der Waals surface area contributed by atoms with Crippen molar-refractivity contribution >= 4 is 22.8 Å². The molecule has 0 atom stereocenters. The summed E-state index contributed by atoms with van der Waals surface area (Å²) in [6.45, 7) is 2.39. The summed E-state index contributed by atoms with van der Waals surface area (Å²) in [4.78, 5) is 12.0. The van der Waals surface area contributed by atoms with E-state index < -0.39 is 17.8 Å². The number of nitrogens with one attached hydrogen (secondary N) is 1. The molecule has 1 aromatic heterocycles. The minimum atomic E-state index is -4.49. The number of unbranched alkanes of at least 4 members (excludes halogenated alkanes) is 1. The van der Waals surface area contributed by atoms with Crippen molar-refractivity contribution < 1.29 is 18.0 Å². The third-order valence-corrected chi connectivity index (χ3v) is 3.04. The predicted octanol–water partition coefficient (Wildman–Crippen LogP) is 3.00. The van der Waals surface area contributed by atoms with E-state index in [9.17, 15) is 18.0 Å². The van der Waals surface area contributed by atoms with E-state index in [4.69, 9.17) is 5.73 Å². The van der Waals surface area contributed by atoms with E-state index in [0.29, 0.717) is 11.9 Å². The van der Waals surface area contributed by atoms with Gasteiger partial charge in [0.15, 0.2) is 5.82 Å². The maximum atomic E-state index is 12.7. The number of fused-ring (bicyclic) bond motifs is 1. The first kappa shape index (κ1) is 15.1. The molecular weight excluding hydrogens is 285 g/mol. The third kappa shape index (κ3) is 3.09. The summed E-state index contributed by atoms with van der Waals surface area (Å²) < 4.78 is 39.1. The number of nitrogens with two attached hydrogens (primary N) is 1. The van der Waals surface area contributed by atoms with Gasteiger partial charge in [-0.3, -0.25) is 0 Å². The molecule has 1 heterocycles. The summed E-state index contributed by atoms with van der Waals surface area (Å²) in [7, 11) is 0. The first-order valence-electron chi connectivity index (χ1n) is 6.48. The summed E-state index contributed by atoms with van der Waals surface area (Å²) in [6.07, 6.45) is -2.83. The minimum Gasteiger partial charge on any atom is -0.382 e. The summed E-state index contributed by atoms with van der Waals surface area (Å²) in [5.74, 6) is 0.0179. The first-order valence-corrected chi connectivity index (χ1v) is 6.48. The van der Waals surface area contributed by atoms with Crippen LogP contribution in [0.25, 0.3) is 10.9 Å². The van der Waals surface area contributed by atoms with Gasteiger partial charge in [-0.1, -0.05) is 13.3 Å². The number of nitrogens with zero attached hydrogens (tertiary/aromatic N) is 2. The molecular formula is C13H15F3N4O. The van der Waals surface area contributed by atoms with Gasteiger partial charge in [0.25, 0.3) is 0 Å². The van der Waals surface area contributed by atoms with Crippen molar-refractivity contribution in [1.82, 2.24) is 15.1 Å². The Labute approximate surface area is 118 Å². The Morgan fingerprint density at radius 1 is 1.43 bits per heavy atom. The van der Waals surface area contributed by atoms with Crippen molar-refractivity contribution in [2.45, 2.75) is 25.9 Å². The Morgan fingerprint density at radius 2 is 2.14 bits per heavy atom. The van der Waals surface area contributed by atoms with E-state index in [-0.39, 0.29) is 11.3 Å². The zero-order chi connectivity index (χ0) is 15.6. The Bertz CT molecular complexity index is 663. The zero-order valence-corrected chi connectivity index (χ0v) is 11.4. The lowest BCUT2D eigenvalue weighted by atomic mass is 10.1. The second kappa shape index (κ2) is 5.63. The van der Waals surface area contributed by atoms with Crippen molar-refractivity contribution in [2.24, 2.45) is 0 Å². The molecule has 0 saturated heterocycles. The van der Waals surface area contributed by atoms with Gasteiger partial charge < -0.3 is 11.1 Å². The number of aromatic nitrogens is 2. The average molecular weight is 300 g/mol. The maximum Gasteiger partial charge on any atom is 0.416 e. The average Bonchev–Trinajstić information content (AvgIpc) is 2.75. The van der Waals surface area contributed by atoms with Crippen molar-refractivity contribution in [3.8, 4) is 0 Å². The Hall–Kier alpha value is -2.25. The van der Waals surface area contributed by atoms with Crippen LogP contribution in [-0.2, 0) is 6.18 Å². The molecule has 0 aliphatic rings. The van der Waals surface area contributed by atoms with Gasteiger partial charge in [-0.2, -0.15) is 17.9 Å². The third-order valence-electron chi connectivity index (χ3n) is 3.04. The number of rotatable bonds is 3. The van der Waals surface area contributed by atoms with Gasteiger partial charge in [0.05, 0.1) is 11.1 Å². The number of hydrogen-bond donors (Lipinski definition) is 2. The molecule has 0 unspecified atom stereocenters. The number of benzene rings is 1. The predicted molar refractivity (Wildman–Crippen MR) is 72.9 cm³/mol. The quantitative estimate of drug-likeness (QED) is 0.856. The fourth-order valence-corrected chi connectivity index (χ4v) is 1.92. The van der Waals surface area contributed by atoms with Crippen molar-refractivity contribution in [1.29, 1.82) is 0 Å². The summed E-state index contributed by atoms with van der Waals surface area (Å²) in [6, 6.07) is 2.41. The molecule has 2 aromatic rings. The molecule has 0 radical (unpaired) electrons. The van der Waals surface area contributed by atoms with Crippen LogP contribution in [0.15, 0.2) is 18.2 Å². The molecule has 21 heavy (non-hydrogen) atoms. The van der Waals surface area contributed by atoms with Crippen LogP contribution in [0.1, 0.15) is 25.3 Å². The van der Waals surface area contributed by atoms with Crippen molar-refractivity contribution in [3.63, 3.8) is 0 Å². The van der Waals surface area contributed by atoms with Crippen LogP contribution in [-0.4, -0.2) is 22.4 Å². The number of carbonyl (C=O) groups is 1. The molecule has 0 aliphatic carbocycles. The van der Waals surface area contributed by atoms with Gasteiger partial charge in [0.1, 0.15) is 0 Å². The lowest BCUT2D eigenvalue weighted by Crippen LogP contribution is -2.30. The summed E-state index contributed by atoms with van der Waals surface area (Å²) in [5.41, 5.74) is 4.82. The zero-order valence-electron chi connectivity index (χ0n) is 11.4. The van der Waals surface area contributed by atoms with E-state index in [1.807, 2.05) is 6.92 Å². The van der Waals surface area contributed by atoms with Crippen LogP contribution in [0, 0.1) is 0 Å². The van der Waals surface area contributed by atoms with Gasteiger partial charge >= 0.3 is 12.2 Å². The van der Waals surface area contributed by atoms with Gasteiger partial charge in [0.2, 0.25) is 0 Å². The molecule has 0 bridgehead atoms. The second-order valence-corrected chi connectivity index (χ2v) is 4.61. The topological polar surface area (TPSA) is 72.9 Å². The molecule has 0 spiro atoms. The molecule has 114 valence electrons.